The minimum Gasteiger partial charge on any atom is -0.367 e. The number of nitrogens with zero attached hydrogens (tertiary/aromatic N) is 5. The Kier molecular flexibility index (Phi) is 3.18. The van der Waals surface area contributed by atoms with Crippen molar-refractivity contribution in [3.05, 3.63) is 36.9 Å². The lowest BCUT2D eigenvalue weighted by molar-refractivity contribution is -0.113. The first-order valence-corrected chi connectivity index (χ1v) is 8.72. The third-order valence-electron chi connectivity index (χ3n) is 5.55. The topological polar surface area (TPSA) is 69.5 Å². The molecule has 1 aliphatic carbocycles. The van der Waals surface area contributed by atoms with E-state index in [1.165, 1.54) is 5.69 Å². The minimum atomic E-state index is -0.150. The molecule has 7 nitrogen and oxygen atoms in total. The Balaban J connectivity index is 1.42. The van der Waals surface area contributed by atoms with Crippen LogP contribution in [0.15, 0.2) is 36.9 Å². The van der Waals surface area contributed by atoms with Gasteiger partial charge in [-0.05, 0) is 25.0 Å². The number of hydrogen-bond acceptors (Lipinski definition) is 5. The zero-order valence-corrected chi connectivity index (χ0v) is 13.9. The quantitative estimate of drug-likeness (QED) is 0.733. The molecule has 0 unspecified atom stereocenters. The summed E-state index contributed by atoms with van der Waals surface area (Å²) in [5.74, 6) is 0. The average molecular weight is 336 g/mol. The summed E-state index contributed by atoms with van der Waals surface area (Å²) in [7, 11) is 0. The van der Waals surface area contributed by atoms with E-state index in [4.69, 9.17) is 0 Å². The molecule has 1 saturated heterocycles. The molecule has 128 valence electrons. The van der Waals surface area contributed by atoms with E-state index in [1.807, 2.05) is 29.3 Å². The number of rotatable bonds is 4. The van der Waals surface area contributed by atoms with Gasteiger partial charge in [0.1, 0.15) is 6.29 Å². The summed E-state index contributed by atoms with van der Waals surface area (Å²) in [4.78, 5) is 16.1. The number of aromatic nitrogens is 4. The molecule has 1 aliphatic heterocycles. The maximum Gasteiger partial charge on any atom is 0.140 e. The second kappa shape index (κ2) is 5.42. The van der Waals surface area contributed by atoms with Gasteiger partial charge in [0.2, 0.25) is 0 Å². The van der Waals surface area contributed by atoms with Gasteiger partial charge in [-0.3, -0.25) is 10.00 Å². The number of carbonyl (C=O) groups is 1. The van der Waals surface area contributed by atoms with Gasteiger partial charge < -0.3 is 9.69 Å². The van der Waals surface area contributed by atoms with E-state index in [0.29, 0.717) is 0 Å². The van der Waals surface area contributed by atoms with E-state index in [-0.39, 0.29) is 5.54 Å². The fourth-order valence-corrected chi connectivity index (χ4v) is 3.86. The number of aldehydes is 1. The normalized spacial score (nSPS) is 20.1. The van der Waals surface area contributed by atoms with Crippen molar-refractivity contribution in [1.29, 1.82) is 0 Å². The highest BCUT2D eigenvalue weighted by molar-refractivity contribution is 5.79. The van der Waals surface area contributed by atoms with Crippen molar-refractivity contribution in [2.24, 2.45) is 0 Å². The Morgan fingerprint density at radius 3 is 2.68 bits per heavy atom. The largest absolute Gasteiger partial charge is 0.367 e. The highest BCUT2D eigenvalue weighted by atomic mass is 16.1. The number of fused-ring (bicyclic) bond motifs is 1. The van der Waals surface area contributed by atoms with Gasteiger partial charge in [0.05, 0.1) is 22.9 Å². The molecule has 2 fully saturated rings. The van der Waals surface area contributed by atoms with Crippen LogP contribution in [0.25, 0.3) is 16.6 Å². The Bertz CT molecular complexity index is 903. The predicted octanol–water partition coefficient (Wildman–Crippen LogP) is 1.58. The maximum atomic E-state index is 11.4. The van der Waals surface area contributed by atoms with Crippen LogP contribution in [-0.4, -0.2) is 62.7 Å². The molecule has 0 atom stereocenters. The molecule has 25 heavy (non-hydrogen) atoms. The molecule has 4 heterocycles. The highest BCUT2D eigenvalue weighted by Crippen LogP contribution is 2.40. The monoisotopic (exact) mass is 336 g/mol. The van der Waals surface area contributed by atoms with Gasteiger partial charge in [-0.15, -0.1) is 0 Å². The fourth-order valence-electron chi connectivity index (χ4n) is 3.86. The Hall–Kier alpha value is -2.67. The number of H-pyrrole nitrogens is 1. The van der Waals surface area contributed by atoms with Crippen LogP contribution >= 0.6 is 0 Å². The lowest BCUT2D eigenvalue weighted by Gasteiger charge is -2.39. The molecule has 0 aromatic carbocycles. The van der Waals surface area contributed by atoms with Crippen LogP contribution in [0.5, 0.6) is 0 Å². The van der Waals surface area contributed by atoms with E-state index in [2.05, 4.69) is 37.2 Å². The van der Waals surface area contributed by atoms with Crippen molar-refractivity contribution >= 4 is 17.5 Å². The molecule has 0 bridgehead atoms. The lowest BCUT2D eigenvalue weighted by Crippen LogP contribution is -2.52. The highest BCUT2D eigenvalue weighted by Gasteiger charge is 2.48. The van der Waals surface area contributed by atoms with E-state index < -0.39 is 0 Å². The summed E-state index contributed by atoms with van der Waals surface area (Å²) in [5.41, 5.74) is 4.31. The summed E-state index contributed by atoms with van der Waals surface area (Å²) >= 11 is 0. The van der Waals surface area contributed by atoms with Crippen LogP contribution in [0.3, 0.4) is 0 Å². The van der Waals surface area contributed by atoms with Crippen molar-refractivity contribution in [3.63, 3.8) is 0 Å². The maximum absolute atomic E-state index is 11.4. The lowest BCUT2D eigenvalue weighted by atomic mass is 10.1. The minimum absolute atomic E-state index is 0.150. The summed E-state index contributed by atoms with van der Waals surface area (Å²) < 4.78 is 1.93. The Morgan fingerprint density at radius 1 is 1.16 bits per heavy atom. The molecule has 2 aliphatic rings. The molecular formula is C18H20N6O. The van der Waals surface area contributed by atoms with Crippen molar-refractivity contribution in [1.82, 2.24) is 24.7 Å². The molecule has 1 N–H and O–H groups in total. The zero-order chi connectivity index (χ0) is 16.9. The molecule has 0 amide bonds. The fraction of sp³-hybridized carbons (Fsp3) is 0.389. The smallest absolute Gasteiger partial charge is 0.140 e. The number of carbonyl (C=O) groups excluding carboxylic acids is 1. The van der Waals surface area contributed by atoms with Gasteiger partial charge >= 0.3 is 0 Å². The molecule has 5 rings (SSSR count). The summed E-state index contributed by atoms with van der Waals surface area (Å²) in [6, 6.07) is 4.24. The van der Waals surface area contributed by atoms with Crippen LogP contribution in [-0.2, 0) is 4.79 Å². The van der Waals surface area contributed by atoms with Gasteiger partial charge in [-0.2, -0.15) is 10.2 Å². The van der Waals surface area contributed by atoms with Gasteiger partial charge in [-0.1, -0.05) is 0 Å². The molecule has 0 spiro atoms. The third-order valence-corrected chi connectivity index (χ3v) is 5.55. The van der Waals surface area contributed by atoms with Gasteiger partial charge in [0.25, 0.3) is 0 Å². The van der Waals surface area contributed by atoms with Gasteiger partial charge in [0.15, 0.2) is 0 Å². The Morgan fingerprint density at radius 2 is 2.00 bits per heavy atom. The first-order valence-electron chi connectivity index (χ1n) is 8.72. The van der Waals surface area contributed by atoms with Crippen LogP contribution < -0.4 is 4.90 Å². The van der Waals surface area contributed by atoms with E-state index in [0.717, 1.165) is 62.0 Å². The number of piperazine rings is 1. The average Bonchev–Trinajstić information content (AvgIpc) is 3.07. The number of anilines is 1. The number of hydrogen-bond donors (Lipinski definition) is 1. The van der Waals surface area contributed by atoms with Gasteiger partial charge in [0, 0.05) is 55.9 Å². The van der Waals surface area contributed by atoms with E-state index in [1.54, 1.807) is 0 Å². The molecule has 1 saturated carbocycles. The third kappa shape index (κ3) is 2.34. The van der Waals surface area contributed by atoms with Crippen LogP contribution in [0.1, 0.15) is 12.8 Å². The second-order valence-corrected chi connectivity index (χ2v) is 6.96. The van der Waals surface area contributed by atoms with Gasteiger partial charge in [-0.25, -0.2) is 4.52 Å². The Labute approximate surface area is 145 Å². The van der Waals surface area contributed by atoms with Crippen molar-refractivity contribution < 1.29 is 4.79 Å². The van der Waals surface area contributed by atoms with Crippen molar-refractivity contribution in [3.8, 4) is 11.1 Å². The van der Waals surface area contributed by atoms with Crippen LogP contribution in [0, 0.1) is 0 Å². The van der Waals surface area contributed by atoms with Crippen molar-refractivity contribution in [2.75, 3.05) is 31.1 Å². The standard InChI is InChI=1S/C18H20N6O/c25-13-18(2-3-18)23-7-5-22(6-8-23)16-1-4-21-24-12-14(9-17(16)24)15-10-19-20-11-15/h1,4,9-13H,2-3,5-8H2,(H,19,20). The summed E-state index contributed by atoms with van der Waals surface area (Å²) in [6.07, 6.45) is 10.8. The molecule has 3 aromatic heterocycles. The molecule has 7 heteroatoms. The molecule has 0 radical (unpaired) electrons. The first-order chi connectivity index (χ1) is 12.3. The molecular weight excluding hydrogens is 316 g/mol. The SMILES string of the molecule is O=CC1(N2CCN(c3ccnn4cc(-c5cn[nH]c5)cc34)CC2)CC1. The first kappa shape index (κ1) is 14.7. The van der Waals surface area contributed by atoms with Crippen molar-refractivity contribution in [2.45, 2.75) is 18.4 Å². The second-order valence-electron chi connectivity index (χ2n) is 6.96. The van der Waals surface area contributed by atoms with Crippen LogP contribution in [0.2, 0.25) is 0 Å². The summed E-state index contributed by atoms with van der Waals surface area (Å²) in [6.45, 7) is 3.73. The zero-order valence-electron chi connectivity index (χ0n) is 13.9. The summed E-state index contributed by atoms with van der Waals surface area (Å²) in [5, 5.41) is 11.3. The number of aromatic amines is 1. The molecule has 3 aromatic rings. The predicted molar refractivity (Wildman–Crippen MR) is 94.6 cm³/mol. The van der Waals surface area contributed by atoms with E-state index >= 15 is 0 Å². The van der Waals surface area contributed by atoms with E-state index in [9.17, 15) is 4.79 Å². The number of nitrogens with one attached hydrogen (secondary N) is 1. The van der Waals surface area contributed by atoms with Crippen LogP contribution in [0.4, 0.5) is 5.69 Å².